The summed E-state index contributed by atoms with van der Waals surface area (Å²) in [6.45, 7) is 2.32. The number of amides is 1. The third-order valence-corrected chi connectivity index (χ3v) is 5.00. The highest BCUT2D eigenvalue weighted by Crippen LogP contribution is 2.29. The predicted molar refractivity (Wildman–Crippen MR) is 97.3 cm³/mol. The van der Waals surface area contributed by atoms with E-state index in [4.69, 9.17) is 11.6 Å². The Morgan fingerprint density at radius 1 is 1.21 bits per heavy atom. The maximum atomic E-state index is 12.7. The van der Waals surface area contributed by atoms with Gasteiger partial charge in [0.2, 0.25) is 0 Å². The second-order valence-electron chi connectivity index (χ2n) is 5.42. The molecular formula is C18H16ClN3OS. The maximum Gasteiger partial charge on any atom is 0.265 e. The van der Waals surface area contributed by atoms with Gasteiger partial charge in [-0.1, -0.05) is 29.8 Å². The Morgan fingerprint density at radius 3 is 2.62 bits per heavy atom. The fourth-order valence-corrected chi connectivity index (χ4v) is 3.48. The van der Waals surface area contributed by atoms with Crippen molar-refractivity contribution in [3.05, 3.63) is 69.9 Å². The molecule has 0 aliphatic rings. The van der Waals surface area contributed by atoms with E-state index in [1.165, 1.54) is 11.3 Å². The molecule has 0 unspecified atom stereocenters. The van der Waals surface area contributed by atoms with Crippen LogP contribution in [0, 0.1) is 6.92 Å². The first-order chi connectivity index (χ1) is 11.5. The number of aromatic nitrogens is 2. The molecule has 122 valence electrons. The van der Waals surface area contributed by atoms with Gasteiger partial charge >= 0.3 is 0 Å². The largest absolute Gasteiger partial charge is 0.335 e. The molecule has 0 spiro atoms. The lowest BCUT2D eigenvalue weighted by atomic mass is 10.2. The summed E-state index contributed by atoms with van der Waals surface area (Å²) >= 11 is 7.32. The van der Waals surface area contributed by atoms with Crippen molar-refractivity contribution in [3.63, 3.8) is 0 Å². The van der Waals surface area contributed by atoms with E-state index in [9.17, 15) is 4.79 Å². The number of hydrogen-bond donors (Lipinski definition) is 0. The highest BCUT2D eigenvalue weighted by atomic mass is 35.5. The summed E-state index contributed by atoms with van der Waals surface area (Å²) in [4.78, 5) is 23.8. The summed E-state index contributed by atoms with van der Waals surface area (Å²) < 4.78 is 0. The lowest BCUT2D eigenvalue weighted by Gasteiger charge is -2.15. The summed E-state index contributed by atoms with van der Waals surface area (Å²) in [5, 5.41) is 1.50. The smallest absolute Gasteiger partial charge is 0.265 e. The average molecular weight is 358 g/mol. The number of hydrogen-bond acceptors (Lipinski definition) is 4. The van der Waals surface area contributed by atoms with Crippen molar-refractivity contribution in [2.75, 3.05) is 7.05 Å². The first-order valence-corrected chi connectivity index (χ1v) is 8.63. The van der Waals surface area contributed by atoms with Crippen LogP contribution in [0.25, 0.3) is 10.6 Å². The van der Waals surface area contributed by atoms with Crippen LogP contribution in [0.3, 0.4) is 0 Å². The van der Waals surface area contributed by atoms with Crippen molar-refractivity contribution in [2.45, 2.75) is 13.5 Å². The molecule has 2 heterocycles. The standard InChI is InChI=1S/C18H16ClN3OS/c1-12-16(18(23)22(2)11-15-5-3-4-10-20-15)24-17(21-12)13-6-8-14(19)9-7-13/h3-10H,11H2,1-2H3. The molecule has 3 aromatic rings. The zero-order chi connectivity index (χ0) is 17.1. The molecule has 2 aromatic heterocycles. The fourth-order valence-electron chi connectivity index (χ4n) is 2.29. The molecular weight excluding hydrogens is 342 g/mol. The molecule has 0 saturated heterocycles. The lowest BCUT2D eigenvalue weighted by Crippen LogP contribution is -2.26. The number of halogens is 1. The molecule has 0 aliphatic carbocycles. The molecule has 0 bridgehead atoms. The number of pyridine rings is 1. The predicted octanol–water partition coefficient (Wildman–Crippen LogP) is 4.44. The van der Waals surface area contributed by atoms with E-state index in [1.54, 1.807) is 18.1 Å². The van der Waals surface area contributed by atoms with Gasteiger partial charge in [-0.3, -0.25) is 9.78 Å². The minimum absolute atomic E-state index is 0.0455. The third kappa shape index (κ3) is 3.63. The van der Waals surface area contributed by atoms with Gasteiger partial charge in [0.1, 0.15) is 9.88 Å². The van der Waals surface area contributed by atoms with Crippen LogP contribution in [0.15, 0.2) is 48.7 Å². The van der Waals surface area contributed by atoms with Crippen LogP contribution in [0.5, 0.6) is 0 Å². The molecule has 0 radical (unpaired) electrons. The minimum atomic E-state index is -0.0455. The molecule has 1 amide bonds. The number of carbonyl (C=O) groups excluding carboxylic acids is 1. The van der Waals surface area contributed by atoms with Crippen LogP contribution in [0.1, 0.15) is 21.1 Å². The van der Waals surface area contributed by atoms with Crippen molar-refractivity contribution in [1.82, 2.24) is 14.9 Å². The van der Waals surface area contributed by atoms with E-state index in [0.29, 0.717) is 16.4 Å². The van der Waals surface area contributed by atoms with Gasteiger partial charge in [-0.2, -0.15) is 0 Å². The number of aryl methyl sites for hydroxylation is 1. The van der Waals surface area contributed by atoms with Crippen LogP contribution < -0.4 is 0 Å². The van der Waals surface area contributed by atoms with E-state index in [1.807, 2.05) is 49.4 Å². The normalized spacial score (nSPS) is 10.6. The van der Waals surface area contributed by atoms with Gasteiger partial charge in [0.15, 0.2) is 0 Å². The molecule has 0 fully saturated rings. The summed E-state index contributed by atoms with van der Waals surface area (Å²) in [6.07, 6.45) is 1.73. The maximum absolute atomic E-state index is 12.7. The number of rotatable bonds is 4. The van der Waals surface area contributed by atoms with E-state index < -0.39 is 0 Å². The van der Waals surface area contributed by atoms with Crippen LogP contribution in [0.4, 0.5) is 0 Å². The second kappa shape index (κ2) is 7.11. The van der Waals surface area contributed by atoms with Crippen LogP contribution in [-0.2, 0) is 6.54 Å². The topological polar surface area (TPSA) is 46.1 Å². The molecule has 0 N–H and O–H groups in total. The average Bonchev–Trinajstić information content (AvgIpc) is 2.97. The number of carbonyl (C=O) groups is 1. The Hall–Kier alpha value is -2.24. The zero-order valence-electron chi connectivity index (χ0n) is 13.4. The van der Waals surface area contributed by atoms with E-state index in [-0.39, 0.29) is 5.91 Å². The van der Waals surface area contributed by atoms with Crippen molar-refractivity contribution >= 4 is 28.8 Å². The minimum Gasteiger partial charge on any atom is -0.335 e. The van der Waals surface area contributed by atoms with Crippen LogP contribution >= 0.6 is 22.9 Å². The molecule has 24 heavy (non-hydrogen) atoms. The monoisotopic (exact) mass is 357 g/mol. The Labute approximate surface area is 149 Å². The fraction of sp³-hybridized carbons (Fsp3) is 0.167. The van der Waals surface area contributed by atoms with E-state index in [0.717, 1.165) is 22.0 Å². The summed E-state index contributed by atoms with van der Waals surface area (Å²) in [5.41, 5.74) is 2.55. The van der Waals surface area contributed by atoms with Crippen LogP contribution in [-0.4, -0.2) is 27.8 Å². The molecule has 6 heteroatoms. The Balaban J connectivity index is 1.81. The molecule has 4 nitrogen and oxygen atoms in total. The van der Waals surface area contributed by atoms with Gasteiger partial charge in [0, 0.05) is 23.8 Å². The van der Waals surface area contributed by atoms with Crippen molar-refractivity contribution in [2.24, 2.45) is 0 Å². The van der Waals surface area contributed by atoms with E-state index in [2.05, 4.69) is 9.97 Å². The quantitative estimate of drug-likeness (QED) is 0.693. The molecule has 0 saturated carbocycles. The summed E-state index contributed by atoms with van der Waals surface area (Å²) in [5.74, 6) is -0.0455. The van der Waals surface area contributed by atoms with E-state index >= 15 is 0 Å². The first-order valence-electron chi connectivity index (χ1n) is 7.43. The Bertz CT molecular complexity index is 846. The van der Waals surface area contributed by atoms with Crippen molar-refractivity contribution < 1.29 is 4.79 Å². The zero-order valence-corrected chi connectivity index (χ0v) is 14.9. The molecule has 0 aliphatic heterocycles. The Kier molecular flexibility index (Phi) is 4.92. The number of benzene rings is 1. The third-order valence-electron chi connectivity index (χ3n) is 3.55. The van der Waals surface area contributed by atoms with Gasteiger partial charge in [0.25, 0.3) is 5.91 Å². The highest BCUT2D eigenvalue weighted by molar-refractivity contribution is 7.17. The van der Waals surface area contributed by atoms with Crippen LogP contribution in [0.2, 0.25) is 5.02 Å². The molecule has 1 aromatic carbocycles. The first kappa shape index (κ1) is 16.6. The highest BCUT2D eigenvalue weighted by Gasteiger charge is 2.20. The number of thiazole rings is 1. The number of nitrogens with zero attached hydrogens (tertiary/aromatic N) is 3. The molecule has 3 rings (SSSR count). The Morgan fingerprint density at radius 2 is 1.96 bits per heavy atom. The summed E-state index contributed by atoms with van der Waals surface area (Å²) in [7, 11) is 1.78. The SMILES string of the molecule is Cc1nc(-c2ccc(Cl)cc2)sc1C(=O)N(C)Cc1ccccn1. The van der Waals surface area contributed by atoms with Gasteiger partial charge in [-0.25, -0.2) is 4.98 Å². The second-order valence-corrected chi connectivity index (χ2v) is 6.86. The summed E-state index contributed by atoms with van der Waals surface area (Å²) in [6, 6.07) is 13.1. The van der Waals surface area contributed by atoms with Gasteiger partial charge in [-0.15, -0.1) is 11.3 Å². The lowest BCUT2D eigenvalue weighted by molar-refractivity contribution is 0.0787. The van der Waals surface area contributed by atoms with Gasteiger partial charge < -0.3 is 4.90 Å². The van der Waals surface area contributed by atoms with Crippen molar-refractivity contribution in [3.8, 4) is 10.6 Å². The van der Waals surface area contributed by atoms with Gasteiger partial charge in [-0.05, 0) is 31.2 Å². The van der Waals surface area contributed by atoms with Crippen molar-refractivity contribution in [1.29, 1.82) is 0 Å². The molecule has 0 atom stereocenters. The van der Waals surface area contributed by atoms with Gasteiger partial charge in [0.05, 0.1) is 17.9 Å².